The van der Waals surface area contributed by atoms with Crippen molar-refractivity contribution in [1.29, 1.82) is 0 Å². The van der Waals surface area contributed by atoms with Crippen molar-refractivity contribution < 1.29 is 17.9 Å². The molecular formula is C19H24N2O4S. The molecule has 0 spiro atoms. The zero-order valence-electron chi connectivity index (χ0n) is 15.0. The normalized spacial score (nSPS) is 11.3. The first kappa shape index (κ1) is 19.9. The Hall–Kier alpha value is -2.38. The van der Waals surface area contributed by atoms with Gasteiger partial charge in [-0.2, -0.15) is 4.31 Å². The molecule has 7 heteroatoms. The molecule has 2 rings (SSSR count). The van der Waals surface area contributed by atoms with Gasteiger partial charge in [0.05, 0.1) is 18.0 Å². The van der Waals surface area contributed by atoms with Crippen LogP contribution in [-0.2, 0) is 14.8 Å². The van der Waals surface area contributed by atoms with Crippen LogP contribution in [0.2, 0.25) is 0 Å². The Morgan fingerprint density at radius 1 is 0.962 bits per heavy atom. The van der Waals surface area contributed by atoms with E-state index in [1.807, 2.05) is 30.3 Å². The minimum Gasteiger partial charge on any atom is -0.494 e. The zero-order valence-corrected chi connectivity index (χ0v) is 15.9. The highest BCUT2D eigenvalue weighted by atomic mass is 32.2. The summed E-state index contributed by atoms with van der Waals surface area (Å²) >= 11 is 0. The molecule has 2 aromatic carbocycles. The van der Waals surface area contributed by atoms with Gasteiger partial charge in [0, 0.05) is 20.6 Å². The van der Waals surface area contributed by atoms with Crippen LogP contribution in [0.1, 0.15) is 6.42 Å². The highest BCUT2D eigenvalue weighted by Crippen LogP contribution is 2.13. The Balaban J connectivity index is 1.79. The van der Waals surface area contributed by atoms with Gasteiger partial charge in [0.25, 0.3) is 0 Å². The Kier molecular flexibility index (Phi) is 7.17. The molecule has 0 saturated carbocycles. The average Bonchev–Trinajstić information content (AvgIpc) is 2.66. The van der Waals surface area contributed by atoms with Crippen molar-refractivity contribution in [3.63, 3.8) is 0 Å². The summed E-state index contributed by atoms with van der Waals surface area (Å²) in [7, 11) is -0.598. The van der Waals surface area contributed by atoms with Gasteiger partial charge in [0.1, 0.15) is 5.75 Å². The van der Waals surface area contributed by atoms with Crippen LogP contribution in [0.3, 0.4) is 0 Å². The smallest absolute Gasteiger partial charge is 0.243 e. The molecule has 0 aliphatic heterocycles. The number of likely N-dealkylation sites (N-methyl/N-ethyl adjacent to an activating group) is 2. The number of amides is 1. The second kappa shape index (κ2) is 9.35. The van der Waals surface area contributed by atoms with E-state index >= 15 is 0 Å². The lowest BCUT2D eigenvalue weighted by molar-refractivity contribution is -0.130. The SMILES string of the molecule is CN(CCCOc1ccccc1)C(=O)CN(C)S(=O)(=O)c1ccccc1. The summed E-state index contributed by atoms with van der Waals surface area (Å²) in [5, 5.41) is 0. The van der Waals surface area contributed by atoms with E-state index in [2.05, 4.69) is 0 Å². The maximum Gasteiger partial charge on any atom is 0.243 e. The van der Waals surface area contributed by atoms with Crippen LogP contribution in [0.4, 0.5) is 0 Å². The zero-order chi connectivity index (χ0) is 19.0. The van der Waals surface area contributed by atoms with Gasteiger partial charge in [-0.3, -0.25) is 4.79 Å². The Bertz CT molecular complexity index is 795. The van der Waals surface area contributed by atoms with Crippen LogP contribution in [0.25, 0.3) is 0 Å². The number of nitrogens with zero attached hydrogens (tertiary/aromatic N) is 2. The molecule has 0 N–H and O–H groups in total. The number of rotatable bonds is 9. The summed E-state index contributed by atoms with van der Waals surface area (Å²) in [5.74, 6) is 0.530. The minimum absolute atomic E-state index is 0.175. The second-order valence-corrected chi connectivity index (χ2v) is 7.95. The molecule has 1 amide bonds. The van der Waals surface area contributed by atoms with E-state index in [1.165, 1.54) is 24.1 Å². The molecule has 0 atom stereocenters. The van der Waals surface area contributed by atoms with Crippen molar-refractivity contribution in [3.05, 3.63) is 60.7 Å². The molecule has 0 aliphatic rings. The Morgan fingerprint density at radius 2 is 1.54 bits per heavy atom. The molecule has 0 aromatic heterocycles. The summed E-state index contributed by atoms with van der Waals surface area (Å²) in [5.41, 5.74) is 0. The molecule has 0 saturated heterocycles. The number of benzene rings is 2. The Labute approximate surface area is 155 Å². The van der Waals surface area contributed by atoms with Crippen molar-refractivity contribution in [2.75, 3.05) is 33.8 Å². The predicted octanol–water partition coefficient (Wildman–Crippen LogP) is 2.23. The molecule has 0 radical (unpaired) electrons. The van der Waals surface area contributed by atoms with Crippen molar-refractivity contribution in [2.45, 2.75) is 11.3 Å². The highest BCUT2D eigenvalue weighted by molar-refractivity contribution is 7.89. The number of para-hydroxylation sites is 1. The van der Waals surface area contributed by atoms with Crippen molar-refractivity contribution >= 4 is 15.9 Å². The van der Waals surface area contributed by atoms with E-state index in [-0.39, 0.29) is 17.3 Å². The van der Waals surface area contributed by atoms with Crippen LogP contribution in [0, 0.1) is 0 Å². The van der Waals surface area contributed by atoms with Crippen molar-refractivity contribution in [1.82, 2.24) is 9.21 Å². The molecular weight excluding hydrogens is 352 g/mol. The van der Waals surface area contributed by atoms with Crippen LogP contribution in [-0.4, -0.2) is 57.3 Å². The maximum atomic E-state index is 12.4. The number of hydrogen-bond donors (Lipinski definition) is 0. The topological polar surface area (TPSA) is 66.9 Å². The third-order valence-electron chi connectivity index (χ3n) is 3.88. The molecule has 6 nitrogen and oxygen atoms in total. The second-order valence-electron chi connectivity index (χ2n) is 5.90. The quantitative estimate of drug-likeness (QED) is 0.630. The van der Waals surface area contributed by atoms with E-state index < -0.39 is 10.0 Å². The number of ether oxygens (including phenoxy) is 1. The maximum absolute atomic E-state index is 12.4. The summed E-state index contributed by atoms with van der Waals surface area (Å²) < 4.78 is 31.5. The van der Waals surface area contributed by atoms with Gasteiger partial charge in [-0.05, 0) is 30.7 Å². The van der Waals surface area contributed by atoms with Crippen LogP contribution in [0.5, 0.6) is 5.75 Å². The summed E-state index contributed by atoms with van der Waals surface area (Å²) in [6.45, 7) is 0.776. The first-order valence-corrected chi connectivity index (χ1v) is 9.78. The fourth-order valence-corrected chi connectivity index (χ4v) is 3.44. The fourth-order valence-electron chi connectivity index (χ4n) is 2.30. The predicted molar refractivity (Wildman–Crippen MR) is 100 cm³/mol. The molecule has 2 aromatic rings. The van der Waals surface area contributed by atoms with Crippen LogP contribution >= 0.6 is 0 Å². The first-order chi connectivity index (χ1) is 12.4. The van der Waals surface area contributed by atoms with E-state index in [1.54, 1.807) is 25.2 Å². The number of carbonyl (C=O) groups is 1. The van der Waals surface area contributed by atoms with Gasteiger partial charge < -0.3 is 9.64 Å². The van der Waals surface area contributed by atoms with Crippen LogP contribution < -0.4 is 4.74 Å². The van der Waals surface area contributed by atoms with Crippen molar-refractivity contribution in [3.8, 4) is 5.75 Å². The van der Waals surface area contributed by atoms with Crippen molar-refractivity contribution in [2.24, 2.45) is 0 Å². The van der Waals surface area contributed by atoms with Gasteiger partial charge in [-0.15, -0.1) is 0 Å². The van der Waals surface area contributed by atoms with Gasteiger partial charge in [-0.1, -0.05) is 36.4 Å². The van der Waals surface area contributed by atoms with E-state index in [0.29, 0.717) is 19.6 Å². The van der Waals surface area contributed by atoms with E-state index in [0.717, 1.165) is 10.1 Å². The number of hydrogen-bond acceptors (Lipinski definition) is 4. The molecule has 0 fully saturated rings. The summed E-state index contributed by atoms with van der Waals surface area (Å²) in [4.78, 5) is 14.0. The number of sulfonamides is 1. The van der Waals surface area contributed by atoms with Gasteiger partial charge >= 0.3 is 0 Å². The molecule has 26 heavy (non-hydrogen) atoms. The first-order valence-electron chi connectivity index (χ1n) is 8.34. The monoisotopic (exact) mass is 376 g/mol. The lowest BCUT2D eigenvalue weighted by Gasteiger charge is -2.22. The molecule has 0 unspecified atom stereocenters. The van der Waals surface area contributed by atoms with E-state index in [9.17, 15) is 13.2 Å². The average molecular weight is 376 g/mol. The van der Waals surface area contributed by atoms with Gasteiger partial charge in [-0.25, -0.2) is 8.42 Å². The standard InChI is InChI=1S/C19H24N2O4S/c1-20(14-9-15-25-17-10-5-3-6-11-17)19(22)16-21(2)26(23,24)18-12-7-4-8-13-18/h3-8,10-13H,9,14-16H2,1-2H3. The summed E-state index contributed by atoms with van der Waals surface area (Å²) in [6.07, 6.45) is 0.659. The minimum atomic E-state index is -3.67. The number of carbonyl (C=O) groups excluding carboxylic acids is 1. The largest absolute Gasteiger partial charge is 0.494 e. The lowest BCUT2D eigenvalue weighted by Crippen LogP contribution is -2.39. The lowest BCUT2D eigenvalue weighted by atomic mass is 10.3. The molecule has 0 heterocycles. The van der Waals surface area contributed by atoms with Crippen LogP contribution in [0.15, 0.2) is 65.6 Å². The third kappa shape index (κ3) is 5.57. The van der Waals surface area contributed by atoms with E-state index in [4.69, 9.17) is 4.74 Å². The molecule has 0 aliphatic carbocycles. The highest BCUT2D eigenvalue weighted by Gasteiger charge is 2.23. The summed E-state index contributed by atoms with van der Waals surface area (Å²) in [6, 6.07) is 17.5. The Morgan fingerprint density at radius 3 is 2.15 bits per heavy atom. The molecule has 140 valence electrons. The third-order valence-corrected chi connectivity index (χ3v) is 5.70. The fraction of sp³-hybridized carbons (Fsp3) is 0.316. The van der Waals surface area contributed by atoms with Gasteiger partial charge in [0.2, 0.25) is 15.9 Å². The molecule has 0 bridgehead atoms. The van der Waals surface area contributed by atoms with Gasteiger partial charge in [0.15, 0.2) is 0 Å².